The van der Waals surface area contributed by atoms with Crippen molar-refractivity contribution < 1.29 is 9.59 Å². The molecule has 0 radical (unpaired) electrons. The predicted octanol–water partition coefficient (Wildman–Crippen LogP) is 0.650. The van der Waals surface area contributed by atoms with Crippen molar-refractivity contribution in [2.75, 3.05) is 0 Å². The zero-order valence-corrected chi connectivity index (χ0v) is 8.49. The summed E-state index contributed by atoms with van der Waals surface area (Å²) >= 11 is 5.62. The average Bonchev–Trinajstić information content (AvgIpc) is 2.17. The van der Waals surface area contributed by atoms with Gasteiger partial charge in [0, 0.05) is 12.6 Å². The molecule has 15 heavy (non-hydrogen) atoms. The molecule has 1 aromatic rings. The lowest BCUT2D eigenvalue weighted by Crippen LogP contribution is -2.39. The number of imide groups is 1. The van der Waals surface area contributed by atoms with Gasteiger partial charge in [0.25, 0.3) is 0 Å². The summed E-state index contributed by atoms with van der Waals surface area (Å²) in [5, 5.41) is 2.37. The van der Waals surface area contributed by atoms with E-state index >= 15 is 0 Å². The third-order valence-electron chi connectivity index (χ3n) is 2.24. The number of carbonyl (C=O) groups excluding carboxylic acids is 2. The van der Waals surface area contributed by atoms with E-state index in [1.807, 2.05) is 0 Å². The van der Waals surface area contributed by atoms with Crippen LogP contribution in [0.1, 0.15) is 24.5 Å². The van der Waals surface area contributed by atoms with Gasteiger partial charge in [-0.3, -0.25) is 14.9 Å². The Balaban J connectivity index is 2.24. The first-order valence-corrected chi connectivity index (χ1v) is 4.87. The maximum absolute atomic E-state index is 11.5. The first-order chi connectivity index (χ1) is 7.16. The number of hydrogen-bond acceptors (Lipinski definition) is 4. The number of nitrogens with one attached hydrogen (secondary N) is 1. The van der Waals surface area contributed by atoms with Gasteiger partial charge in [-0.25, -0.2) is 9.97 Å². The van der Waals surface area contributed by atoms with Gasteiger partial charge in [-0.1, -0.05) is 0 Å². The largest absolute Gasteiger partial charge is 0.296 e. The molecular formula is C9H8ClN3O2. The normalized spacial score (nSPS) is 21.3. The Morgan fingerprint density at radius 3 is 2.93 bits per heavy atom. The lowest BCUT2D eigenvalue weighted by molar-refractivity contribution is -0.134. The zero-order valence-electron chi connectivity index (χ0n) is 7.74. The summed E-state index contributed by atoms with van der Waals surface area (Å²) in [6.45, 7) is 0. The lowest BCUT2D eigenvalue weighted by atomic mass is 9.95. The molecule has 6 heteroatoms. The van der Waals surface area contributed by atoms with Crippen LogP contribution in [0.2, 0.25) is 5.28 Å². The zero-order chi connectivity index (χ0) is 10.8. The van der Waals surface area contributed by atoms with E-state index in [2.05, 4.69) is 15.3 Å². The predicted molar refractivity (Wildman–Crippen MR) is 52.2 cm³/mol. The summed E-state index contributed by atoms with van der Waals surface area (Å²) in [6.07, 6.45) is 2.30. The summed E-state index contributed by atoms with van der Waals surface area (Å²) in [4.78, 5) is 30.1. The number of carbonyl (C=O) groups is 2. The second-order valence-electron chi connectivity index (χ2n) is 3.25. The molecule has 1 unspecified atom stereocenters. The topological polar surface area (TPSA) is 72.0 Å². The van der Waals surface area contributed by atoms with Gasteiger partial charge in [0.1, 0.15) is 0 Å². The Morgan fingerprint density at radius 2 is 2.27 bits per heavy atom. The highest BCUT2D eigenvalue weighted by atomic mass is 35.5. The SMILES string of the molecule is O=C1CCC(c2ccnc(Cl)n2)C(=O)N1. The number of amides is 2. The summed E-state index contributed by atoms with van der Waals surface area (Å²) in [7, 11) is 0. The van der Waals surface area contributed by atoms with E-state index in [9.17, 15) is 9.59 Å². The highest BCUT2D eigenvalue weighted by Gasteiger charge is 2.28. The summed E-state index contributed by atoms with van der Waals surface area (Å²) < 4.78 is 0. The van der Waals surface area contributed by atoms with E-state index in [1.165, 1.54) is 6.20 Å². The van der Waals surface area contributed by atoms with Crippen LogP contribution in [0.4, 0.5) is 0 Å². The van der Waals surface area contributed by atoms with Crippen molar-refractivity contribution in [3.05, 3.63) is 23.2 Å². The fourth-order valence-electron chi connectivity index (χ4n) is 1.52. The maximum Gasteiger partial charge on any atom is 0.235 e. The maximum atomic E-state index is 11.5. The highest BCUT2D eigenvalue weighted by molar-refractivity contribution is 6.28. The van der Waals surface area contributed by atoms with Crippen LogP contribution >= 0.6 is 11.6 Å². The Morgan fingerprint density at radius 1 is 1.47 bits per heavy atom. The standard InChI is InChI=1S/C9H8ClN3O2/c10-9-11-4-3-6(12-9)5-1-2-7(14)13-8(5)15/h3-5H,1-2H2,(H,13,14,15). The van der Waals surface area contributed by atoms with Gasteiger partial charge in [-0.05, 0) is 24.1 Å². The Hall–Kier alpha value is -1.49. The lowest BCUT2D eigenvalue weighted by Gasteiger charge is -2.19. The molecule has 2 heterocycles. The molecule has 0 aromatic carbocycles. The van der Waals surface area contributed by atoms with E-state index in [-0.39, 0.29) is 17.1 Å². The first-order valence-electron chi connectivity index (χ1n) is 4.49. The minimum Gasteiger partial charge on any atom is -0.296 e. The molecule has 1 saturated heterocycles. The van der Waals surface area contributed by atoms with Crippen molar-refractivity contribution in [3.63, 3.8) is 0 Å². The summed E-state index contributed by atoms with van der Waals surface area (Å²) in [6, 6.07) is 1.63. The molecule has 2 amide bonds. The van der Waals surface area contributed by atoms with Gasteiger partial charge in [0.2, 0.25) is 17.1 Å². The van der Waals surface area contributed by atoms with E-state index in [4.69, 9.17) is 11.6 Å². The molecule has 0 aliphatic carbocycles. The number of rotatable bonds is 1. The first kappa shape index (κ1) is 10.0. The van der Waals surface area contributed by atoms with Gasteiger partial charge in [0.05, 0.1) is 11.6 Å². The molecule has 1 aliphatic rings. The molecule has 78 valence electrons. The van der Waals surface area contributed by atoms with Crippen molar-refractivity contribution in [2.45, 2.75) is 18.8 Å². The van der Waals surface area contributed by atoms with E-state index in [1.54, 1.807) is 6.07 Å². The fourth-order valence-corrected chi connectivity index (χ4v) is 1.67. The monoisotopic (exact) mass is 225 g/mol. The van der Waals surface area contributed by atoms with E-state index in [0.717, 1.165) is 0 Å². The number of halogens is 1. The Kier molecular flexibility index (Phi) is 2.64. The van der Waals surface area contributed by atoms with Crippen molar-refractivity contribution in [2.24, 2.45) is 0 Å². The van der Waals surface area contributed by atoms with Crippen LogP contribution in [0.5, 0.6) is 0 Å². The molecule has 1 atom stereocenters. The molecule has 5 nitrogen and oxygen atoms in total. The molecule has 1 aliphatic heterocycles. The molecule has 0 saturated carbocycles. The van der Waals surface area contributed by atoms with E-state index < -0.39 is 5.92 Å². The van der Waals surface area contributed by atoms with Crippen molar-refractivity contribution in [3.8, 4) is 0 Å². The average molecular weight is 226 g/mol. The molecule has 1 fully saturated rings. The summed E-state index contributed by atoms with van der Waals surface area (Å²) in [5.74, 6) is -0.958. The van der Waals surface area contributed by atoms with Gasteiger partial charge in [-0.2, -0.15) is 0 Å². The van der Waals surface area contributed by atoms with Crippen LogP contribution in [-0.4, -0.2) is 21.8 Å². The van der Waals surface area contributed by atoms with Crippen LogP contribution in [0.25, 0.3) is 0 Å². The number of nitrogens with zero attached hydrogens (tertiary/aromatic N) is 2. The van der Waals surface area contributed by atoms with E-state index in [0.29, 0.717) is 18.5 Å². The van der Waals surface area contributed by atoms with Gasteiger partial charge >= 0.3 is 0 Å². The molecule has 2 rings (SSSR count). The van der Waals surface area contributed by atoms with Crippen LogP contribution in [0.3, 0.4) is 0 Å². The molecule has 0 bridgehead atoms. The summed E-state index contributed by atoms with van der Waals surface area (Å²) in [5.41, 5.74) is 0.556. The molecule has 1 N–H and O–H groups in total. The number of piperidine rings is 1. The second-order valence-corrected chi connectivity index (χ2v) is 3.59. The second kappa shape index (κ2) is 3.94. The fraction of sp³-hybridized carbons (Fsp3) is 0.333. The van der Waals surface area contributed by atoms with Crippen LogP contribution in [0.15, 0.2) is 12.3 Å². The van der Waals surface area contributed by atoms with Crippen LogP contribution in [0, 0.1) is 0 Å². The highest BCUT2D eigenvalue weighted by Crippen LogP contribution is 2.23. The Labute approximate surface area is 90.9 Å². The number of hydrogen-bond donors (Lipinski definition) is 1. The van der Waals surface area contributed by atoms with Crippen LogP contribution in [-0.2, 0) is 9.59 Å². The van der Waals surface area contributed by atoms with Crippen molar-refractivity contribution in [1.29, 1.82) is 0 Å². The van der Waals surface area contributed by atoms with Crippen molar-refractivity contribution >= 4 is 23.4 Å². The molecular weight excluding hydrogens is 218 g/mol. The quantitative estimate of drug-likeness (QED) is 0.563. The minimum absolute atomic E-state index is 0.109. The number of aromatic nitrogens is 2. The van der Waals surface area contributed by atoms with Gasteiger partial charge in [-0.15, -0.1) is 0 Å². The van der Waals surface area contributed by atoms with Crippen LogP contribution < -0.4 is 5.32 Å². The van der Waals surface area contributed by atoms with Gasteiger partial charge in [0.15, 0.2) is 0 Å². The third-order valence-corrected chi connectivity index (χ3v) is 2.43. The molecule has 1 aromatic heterocycles. The van der Waals surface area contributed by atoms with Gasteiger partial charge < -0.3 is 0 Å². The van der Waals surface area contributed by atoms with Crippen molar-refractivity contribution in [1.82, 2.24) is 15.3 Å². The Bertz CT molecular complexity index is 422. The molecule has 0 spiro atoms. The third kappa shape index (κ3) is 2.12. The smallest absolute Gasteiger partial charge is 0.235 e. The minimum atomic E-state index is -0.400.